The summed E-state index contributed by atoms with van der Waals surface area (Å²) < 4.78 is 66.8. The van der Waals surface area contributed by atoms with E-state index in [-0.39, 0.29) is 17.2 Å². The molecule has 3 amide bonds. The number of carbonyl (C=O) groups excluding carboxylic acids is 2. The zero-order valence-corrected chi connectivity index (χ0v) is 23.5. The third-order valence-corrected chi connectivity index (χ3v) is 6.78. The molecule has 1 aliphatic heterocycles. The van der Waals surface area contributed by atoms with Gasteiger partial charge in [0, 0.05) is 31.1 Å². The molecule has 0 bridgehead atoms. The van der Waals surface area contributed by atoms with Crippen LogP contribution in [0.1, 0.15) is 16.1 Å². The Morgan fingerprint density at radius 1 is 1.00 bits per heavy atom. The maximum atomic E-state index is 15.1. The predicted molar refractivity (Wildman–Crippen MR) is 146 cm³/mol. The maximum absolute atomic E-state index is 15.1. The monoisotopic (exact) mass is 658 g/mol. The number of nitrogens with one attached hydrogen (secondary N) is 2. The van der Waals surface area contributed by atoms with Crippen LogP contribution in [-0.2, 0) is 15.7 Å². The van der Waals surface area contributed by atoms with E-state index in [0.717, 1.165) is 24.3 Å². The average Bonchev–Trinajstić information content (AvgIpc) is 2.98. The molecule has 0 spiro atoms. The number of alkyl halides is 3. The summed E-state index contributed by atoms with van der Waals surface area (Å²) in [6.07, 6.45) is -14.9. The number of ether oxygens (including phenoxy) is 2. The van der Waals surface area contributed by atoms with E-state index >= 15 is 4.39 Å². The van der Waals surface area contributed by atoms with Crippen LogP contribution in [-0.4, -0.2) is 81.0 Å². The number of carboxylic acids is 1. The van der Waals surface area contributed by atoms with Gasteiger partial charge >= 0.3 is 18.2 Å². The standard InChI is InChI=1S/C27H23ClF4N4O9/c1-33-23(40)18-10-13(6-7-34-18)44-12-3-5-17(16(29)9-12)35-26(43)36(11-2-4-15(28)14(8-11)27(30,31)32)24-21(39)19(37)20(38)22(45-24)25(41)42/h2-10,19-22,24,37-39H,1H3,(H,33,40)(H,35,43)(H,41,42)/t19-,20+,21-,22+,24?/m1/s1. The molecule has 45 heavy (non-hydrogen) atoms. The number of halogens is 5. The summed E-state index contributed by atoms with van der Waals surface area (Å²) in [6.45, 7) is 0. The number of aliphatic carboxylic acids is 1. The van der Waals surface area contributed by atoms with E-state index in [9.17, 15) is 48.0 Å². The number of rotatable bonds is 7. The minimum absolute atomic E-state index is 0.00483. The summed E-state index contributed by atoms with van der Waals surface area (Å²) in [7, 11) is 1.39. The lowest BCUT2D eigenvalue weighted by atomic mass is 9.97. The highest BCUT2D eigenvalue weighted by Crippen LogP contribution is 2.39. The molecule has 13 nitrogen and oxygen atoms in total. The number of hydrogen-bond acceptors (Lipinski definition) is 9. The predicted octanol–water partition coefficient (Wildman–Crippen LogP) is 2.98. The quantitative estimate of drug-likeness (QED) is 0.206. The SMILES string of the molecule is CNC(=O)c1cc(Oc2ccc(NC(=O)N(c3ccc(Cl)c(C(F)(F)F)c3)C3O[C@H](C(=O)O)[C@@H](O)[C@@H](O)[C@H]3O)c(F)c2)ccn1. The zero-order valence-electron chi connectivity index (χ0n) is 22.7. The molecule has 1 aliphatic rings. The molecule has 2 aromatic carbocycles. The molecular weight excluding hydrogens is 636 g/mol. The number of hydrogen-bond donors (Lipinski definition) is 6. The van der Waals surface area contributed by atoms with Crippen molar-refractivity contribution in [2.45, 2.75) is 36.8 Å². The van der Waals surface area contributed by atoms with Crippen molar-refractivity contribution >= 4 is 40.9 Å². The third-order valence-electron chi connectivity index (χ3n) is 6.45. The van der Waals surface area contributed by atoms with Crippen molar-refractivity contribution in [2.24, 2.45) is 0 Å². The first-order chi connectivity index (χ1) is 21.1. The van der Waals surface area contributed by atoms with Crippen molar-refractivity contribution in [3.8, 4) is 11.5 Å². The fourth-order valence-electron chi connectivity index (χ4n) is 4.24. The Morgan fingerprint density at radius 2 is 1.69 bits per heavy atom. The molecule has 240 valence electrons. The van der Waals surface area contributed by atoms with E-state index in [1.165, 1.54) is 31.4 Å². The number of anilines is 2. The number of aromatic nitrogens is 1. The van der Waals surface area contributed by atoms with Crippen molar-refractivity contribution in [2.75, 3.05) is 17.3 Å². The number of amides is 3. The molecule has 2 heterocycles. The molecule has 18 heteroatoms. The molecule has 1 unspecified atom stereocenters. The number of nitrogens with zero attached hydrogens (tertiary/aromatic N) is 2. The highest BCUT2D eigenvalue weighted by atomic mass is 35.5. The van der Waals surface area contributed by atoms with Crippen LogP contribution < -0.4 is 20.3 Å². The summed E-state index contributed by atoms with van der Waals surface area (Å²) in [5, 5.41) is 44.1. The van der Waals surface area contributed by atoms with E-state index in [2.05, 4.69) is 15.6 Å². The molecule has 0 saturated carbocycles. The van der Waals surface area contributed by atoms with Crippen LogP contribution in [0.15, 0.2) is 54.7 Å². The lowest BCUT2D eigenvalue weighted by Gasteiger charge is -2.43. The topological polar surface area (TPSA) is 191 Å². The normalized spacial score (nSPS) is 21.5. The second kappa shape index (κ2) is 13.2. The van der Waals surface area contributed by atoms with Crippen LogP contribution in [0.3, 0.4) is 0 Å². The molecule has 1 saturated heterocycles. The Balaban J connectivity index is 1.68. The van der Waals surface area contributed by atoms with Gasteiger partial charge in [-0.05, 0) is 36.4 Å². The van der Waals surface area contributed by atoms with Gasteiger partial charge in [0.2, 0.25) is 0 Å². The number of aliphatic hydroxyl groups excluding tert-OH is 3. The van der Waals surface area contributed by atoms with Gasteiger partial charge in [0.25, 0.3) is 5.91 Å². The molecule has 1 fully saturated rings. The second-order valence-corrected chi connectivity index (χ2v) is 9.83. The van der Waals surface area contributed by atoms with Gasteiger partial charge in [0.15, 0.2) is 12.3 Å². The number of benzene rings is 2. The number of carboxylic acid groups (broad SMARTS) is 1. The van der Waals surface area contributed by atoms with Crippen molar-refractivity contribution in [1.82, 2.24) is 10.3 Å². The van der Waals surface area contributed by atoms with Crippen LogP contribution in [0.2, 0.25) is 5.02 Å². The van der Waals surface area contributed by atoms with E-state index in [0.29, 0.717) is 11.0 Å². The zero-order chi connectivity index (χ0) is 33.2. The van der Waals surface area contributed by atoms with Gasteiger partial charge in [0.1, 0.15) is 41.3 Å². The number of carbonyl (C=O) groups is 3. The van der Waals surface area contributed by atoms with E-state index in [1.807, 2.05) is 0 Å². The Kier molecular flexibility index (Phi) is 9.79. The minimum atomic E-state index is -5.03. The summed E-state index contributed by atoms with van der Waals surface area (Å²) in [6, 6.07) is 6.30. The van der Waals surface area contributed by atoms with E-state index in [4.69, 9.17) is 21.1 Å². The largest absolute Gasteiger partial charge is 0.479 e. The first-order valence-corrected chi connectivity index (χ1v) is 13.0. The summed E-state index contributed by atoms with van der Waals surface area (Å²) in [5.74, 6) is -3.45. The van der Waals surface area contributed by atoms with Gasteiger partial charge in [-0.25, -0.2) is 14.0 Å². The lowest BCUT2D eigenvalue weighted by Crippen LogP contribution is -2.65. The van der Waals surface area contributed by atoms with Crippen LogP contribution in [0.25, 0.3) is 0 Å². The van der Waals surface area contributed by atoms with Gasteiger partial charge in [-0.2, -0.15) is 13.2 Å². The number of aliphatic hydroxyl groups is 3. The molecule has 5 atom stereocenters. The first-order valence-electron chi connectivity index (χ1n) is 12.7. The molecular formula is C27H23ClF4N4O9. The van der Waals surface area contributed by atoms with Gasteiger partial charge < -0.3 is 40.5 Å². The second-order valence-electron chi connectivity index (χ2n) is 9.42. The van der Waals surface area contributed by atoms with Crippen LogP contribution >= 0.6 is 11.6 Å². The molecule has 1 aromatic heterocycles. The Labute approximate surface area is 255 Å². The number of pyridine rings is 1. The number of urea groups is 1. The third kappa shape index (κ3) is 7.23. The molecule has 4 rings (SSSR count). The molecule has 3 aromatic rings. The van der Waals surface area contributed by atoms with Crippen molar-refractivity contribution in [3.05, 3.63) is 76.8 Å². The summed E-state index contributed by atoms with van der Waals surface area (Å²) in [5.41, 5.74) is -2.64. The van der Waals surface area contributed by atoms with Gasteiger partial charge in [-0.15, -0.1) is 0 Å². The Bertz CT molecular complexity index is 1610. The van der Waals surface area contributed by atoms with Crippen LogP contribution in [0.5, 0.6) is 11.5 Å². The first kappa shape index (κ1) is 33.3. The average molecular weight is 659 g/mol. The Hall–Kier alpha value is -4.55. The smallest absolute Gasteiger partial charge is 0.417 e. The van der Waals surface area contributed by atoms with E-state index in [1.54, 1.807) is 0 Å². The van der Waals surface area contributed by atoms with Gasteiger partial charge in [0.05, 0.1) is 16.3 Å². The molecule has 0 aliphatic carbocycles. The Morgan fingerprint density at radius 3 is 2.31 bits per heavy atom. The van der Waals surface area contributed by atoms with Crippen LogP contribution in [0, 0.1) is 5.82 Å². The lowest BCUT2D eigenvalue weighted by molar-refractivity contribution is -0.225. The van der Waals surface area contributed by atoms with Crippen molar-refractivity contribution < 1.29 is 61.8 Å². The van der Waals surface area contributed by atoms with Crippen molar-refractivity contribution in [3.63, 3.8) is 0 Å². The molecule has 0 radical (unpaired) electrons. The van der Waals surface area contributed by atoms with Crippen molar-refractivity contribution in [1.29, 1.82) is 0 Å². The maximum Gasteiger partial charge on any atom is 0.417 e. The van der Waals surface area contributed by atoms with E-state index < -0.39 is 82.5 Å². The fraction of sp³-hybridized carbons (Fsp3) is 0.259. The molecule has 6 N–H and O–H groups in total. The minimum Gasteiger partial charge on any atom is -0.479 e. The highest BCUT2D eigenvalue weighted by Gasteiger charge is 2.50. The fourth-order valence-corrected chi connectivity index (χ4v) is 4.46. The van der Waals surface area contributed by atoms with Gasteiger partial charge in [-0.1, -0.05) is 11.6 Å². The summed E-state index contributed by atoms with van der Waals surface area (Å²) in [4.78, 5) is 41.1. The summed E-state index contributed by atoms with van der Waals surface area (Å²) >= 11 is 5.69. The van der Waals surface area contributed by atoms with Gasteiger partial charge in [-0.3, -0.25) is 14.7 Å². The highest BCUT2D eigenvalue weighted by molar-refractivity contribution is 6.31. The van der Waals surface area contributed by atoms with Crippen LogP contribution in [0.4, 0.5) is 33.7 Å².